The molecule has 3 rings (SSSR count). The van der Waals surface area contributed by atoms with E-state index in [1.165, 1.54) is 5.69 Å². The molecule has 1 amide bonds. The van der Waals surface area contributed by atoms with E-state index >= 15 is 0 Å². The zero-order valence-corrected chi connectivity index (χ0v) is 11.7. The van der Waals surface area contributed by atoms with Gasteiger partial charge < -0.3 is 19.3 Å². The second-order valence-electron chi connectivity index (χ2n) is 5.24. The molecule has 1 aromatic carbocycles. The van der Waals surface area contributed by atoms with Crippen LogP contribution in [0.25, 0.3) is 0 Å². The van der Waals surface area contributed by atoms with Gasteiger partial charge in [-0.2, -0.15) is 0 Å². The Bertz CT molecular complexity index is 465. The molecular formula is C15H20N2O3. The number of ether oxygens (including phenoxy) is 2. The van der Waals surface area contributed by atoms with Gasteiger partial charge in [0.25, 0.3) is 0 Å². The topological polar surface area (TPSA) is 42.0 Å². The molecule has 2 fully saturated rings. The monoisotopic (exact) mass is 276 g/mol. The van der Waals surface area contributed by atoms with Gasteiger partial charge in [-0.05, 0) is 12.1 Å². The lowest BCUT2D eigenvalue weighted by molar-refractivity contribution is -0.153. The van der Waals surface area contributed by atoms with Crippen molar-refractivity contribution < 1.29 is 14.3 Å². The molecule has 0 spiro atoms. The predicted molar refractivity (Wildman–Crippen MR) is 75.8 cm³/mol. The lowest BCUT2D eigenvalue weighted by Crippen LogP contribution is -2.54. The number of fused-ring (bicyclic) bond motifs is 1. The van der Waals surface area contributed by atoms with E-state index < -0.39 is 0 Å². The van der Waals surface area contributed by atoms with Crippen LogP contribution in [-0.2, 0) is 14.3 Å². The van der Waals surface area contributed by atoms with Crippen LogP contribution in [-0.4, -0.2) is 62.9 Å². The zero-order valence-electron chi connectivity index (χ0n) is 11.7. The summed E-state index contributed by atoms with van der Waals surface area (Å²) in [7, 11) is 1.66. The molecule has 20 heavy (non-hydrogen) atoms. The normalized spacial score (nSPS) is 25.9. The average Bonchev–Trinajstić information content (AvgIpc) is 2.91. The summed E-state index contributed by atoms with van der Waals surface area (Å²) in [5, 5.41) is 0. The minimum atomic E-state index is 0.0678. The summed E-state index contributed by atoms with van der Waals surface area (Å²) in [5.74, 6) is 0.0678. The van der Waals surface area contributed by atoms with E-state index in [1.54, 1.807) is 7.11 Å². The Morgan fingerprint density at radius 3 is 2.85 bits per heavy atom. The summed E-state index contributed by atoms with van der Waals surface area (Å²) in [6.07, 6.45) is 0.102. The van der Waals surface area contributed by atoms with Crippen LogP contribution in [0, 0.1) is 0 Å². The van der Waals surface area contributed by atoms with E-state index in [4.69, 9.17) is 9.47 Å². The average molecular weight is 276 g/mol. The molecule has 2 saturated heterocycles. The number of nitrogens with zero attached hydrogens (tertiary/aromatic N) is 2. The van der Waals surface area contributed by atoms with Crippen molar-refractivity contribution >= 4 is 11.6 Å². The number of hydrogen-bond donors (Lipinski definition) is 0. The number of carbonyl (C=O) groups is 1. The van der Waals surface area contributed by atoms with Crippen LogP contribution in [0.3, 0.4) is 0 Å². The summed E-state index contributed by atoms with van der Waals surface area (Å²) < 4.78 is 10.8. The Kier molecular flexibility index (Phi) is 3.89. The fourth-order valence-electron chi connectivity index (χ4n) is 3.00. The van der Waals surface area contributed by atoms with Crippen molar-refractivity contribution in [3.8, 4) is 0 Å². The number of morpholine rings is 1. The van der Waals surface area contributed by atoms with Crippen LogP contribution in [0.1, 0.15) is 0 Å². The number of benzene rings is 1. The van der Waals surface area contributed by atoms with Crippen LogP contribution >= 0.6 is 0 Å². The van der Waals surface area contributed by atoms with Crippen molar-refractivity contribution in [2.75, 3.05) is 44.9 Å². The Hall–Kier alpha value is -1.59. The highest BCUT2D eigenvalue weighted by molar-refractivity contribution is 5.79. The molecule has 2 atom stereocenters. The van der Waals surface area contributed by atoms with Gasteiger partial charge in [-0.15, -0.1) is 0 Å². The van der Waals surface area contributed by atoms with Crippen molar-refractivity contribution in [2.24, 2.45) is 0 Å². The fraction of sp³-hybridized carbons (Fsp3) is 0.533. The summed E-state index contributed by atoms with van der Waals surface area (Å²) in [6.45, 7) is 3.06. The smallest absolute Gasteiger partial charge is 0.249 e. The Labute approximate surface area is 119 Å². The summed E-state index contributed by atoms with van der Waals surface area (Å²) >= 11 is 0. The SMILES string of the molecule is COCCN1C(=O)CO[C@@H]2CN(c3ccccc3)C[C@H]21. The summed E-state index contributed by atoms with van der Waals surface area (Å²) in [6, 6.07) is 10.4. The Balaban J connectivity index is 1.73. The maximum absolute atomic E-state index is 12.0. The standard InChI is InChI=1S/C15H20N2O3/c1-19-8-7-17-13-9-16(12-5-3-2-4-6-12)10-14(13)20-11-15(17)18/h2-6,13-14H,7-11H2,1H3/t13-,14-/m1/s1. The molecule has 108 valence electrons. The van der Waals surface area contributed by atoms with Crippen LogP contribution in [0.15, 0.2) is 30.3 Å². The van der Waals surface area contributed by atoms with E-state index in [-0.39, 0.29) is 24.7 Å². The molecule has 0 unspecified atom stereocenters. The second-order valence-corrected chi connectivity index (χ2v) is 5.24. The van der Waals surface area contributed by atoms with E-state index in [2.05, 4.69) is 17.0 Å². The highest BCUT2D eigenvalue weighted by Gasteiger charge is 2.42. The third-order valence-electron chi connectivity index (χ3n) is 4.04. The third-order valence-corrected chi connectivity index (χ3v) is 4.04. The quantitative estimate of drug-likeness (QED) is 0.814. The first-order valence-corrected chi connectivity index (χ1v) is 6.99. The van der Waals surface area contributed by atoms with Crippen molar-refractivity contribution in [1.29, 1.82) is 0 Å². The number of anilines is 1. The molecular weight excluding hydrogens is 256 g/mol. The largest absolute Gasteiger partial charge is 0.383 e. The Morgan fingerprint density at radius 1 is 1.30 bits per heavy atom. The van der Waals surface area contributed by atoms with E-state index in [1.807, 2.05) is 23.1 Å². The number of para-hydroxylation sites is 1. The number of hydrogen-bond acceptors (Lipinski definition) is 4. The number of rotatable bonds is 4. The van der Waals surface area contributed by atoms with Gasteiger partial charge in [0.15, 0.2) is 0 Å². The Morgan fingerprint density at radius 2 is 2.10 bits per heavy atom. The first kappa shape index (κ1) is 13.4. The lowest BCUT2D eigenvalue weighted by atomic mass is 10.1. The molecule has 1 aromatic rings. The van der Waals surface area contributed by atoms with Gasteiger partial charge in [-0.3, -0.25) is 4.79 Å². The molecule has 0 saturated carbocycles. The van der Waals surface area contributed by atoms with Crippen LogP contribution < -0.4 is 4.90 Å². The van der Waals surface area contributed by atoms with Crippen molar-refractivity contribution in [3.05, 3.63) is 30.3 Å². The van der Waals surface area contributed by atoms with Crippen LogP contribution in [0.5, 0.6) is 0 Å². The number of carbonyl (C=O) groups excluding carboxylic acids is 1. The lowest BCUT2D eigenvalue weighted by Gasteiger charge is -2.36. The first-order chi connectivity index (χ1) is 9.79. The minimum absolute atomic E-state index is 0.0678. The molecule has 2 aliphatic heterocycles. The molecule has 0 radical (unpaired) electrons. The zero-order chi connectivity index (χ0) is 13.9. The van der Waals surface area contributed by atoms with Gasteiger partial charge in [0.2, 0.25) is 5.91 Å². The summed E-state index contributed by atoms with van der Waals surface area (Å²) in [5.41, 5.74) is 1.18. The highest BCUT2D eigenvalue weighted by Crippen LogP contribution is 2.27. The summed E-state index contributed by atoms with van der Waals surface area (Å²) in [4.78, 5) is 16.2. The molecule has 0 N–H and O–H groups in total. The van der Waals surface area contributed by atoms with Crippen LogP contribution in [0.4, 0.5) is 5.69 Å². The van der Waals surface area contributed by atoms with Gasteiger partial charge in [-0.1, -0.05) is 18.2 Å². The number of methoxy groups -OCH3 is 1. The molecule has 5 nitrogen and oxygen atoms in total. The first-order valence-electron chi connectivity index (χ1n) is 6.99. The van der Waals surface area contributed by atoms with Crippen molar-refractivity contribution in [2.45, 2.75) is 12.1 Å². The van der Waals surface area contributed by atoms with Crippen molar-refractivity contribution in [3.63, 3.8) is 0 Å². The van der Waals surface area contributed by atoms with Crippen LogP contribution in [0.2, 0.25) is 0 Å². The maximum atomic E-state index is 12.0. The van der Waals surface area contributed by atoms with E-state index in [0.717, 1.165) is 13.1 Å². The minimum Gasteiger partial charge on any atom is -0.383 e. The van der Waals surface area contributed by atoms with Gasteiger partial charge in [-0.25, -0.2) is 0 Å². The number of amides is 1. The highest BCUT2D eigenvalue weighted by atomic mass is 16.5. The van der Waals surface area contributed by atoms with E-state index in [9.17, 15) is 4.79 Å². The third kappa shape index (κ3) is 2.51. The molecule has 0 bridgehead atoms. The predicted octanol–water partition coefficient (Wildman–Crippen LogP) is 0.749. The molecule has 5 heteroatoms. The van der Waals surface area contributed by atoms with Gasteiger partial charge in [0.1, 0.15) is 6.61 Å². The van der Waals surface area contributed by atoms with Gasteiger partial charge in [0.05, 0.1) is 18.8 Å². The maximum Gasteiger partial charge on any atom is 0.249 e. The molecule has 0 aliphatic carbocycles. The molecule has 2 heterocycles. The second kappa shape index (κ2) is 5.81. The van der Waals surface area contributed by atoms with E-state index in [0.29, 0.717) is 13.2 Å². The van der Waals surface area contributed by atoms with Gasteiger partial charge in [0, 0.05) is 32.4 Å². The fourth-order valence-corrected chi connectivity index (χ4v) is 3.00. The molecule has 2 aliphatic rings. The van der Waals surface area contributed by atoms with Crippen molar-refractivity contribution in [1.82, 2.24) is 4.90 Å². The van der Waals surface area contributed by atoms with Gasteiger partial charge >= 0.3 is 0 Å². The molecule has 0 aromatic heterocycles.